The van der Waals surface area contributed by atoms with Gasteiger partial charge in [-0.15, -0.1) is 22.9 Å². The molecule has 0 spiro atoms. The number of thiophene rings is 1. The molecular weight excluding hydrogens is 451 g/mol. The SMILES string of the molecule is COc1ccc(C(Cl)c2cc(Br)c(Br)s2)c(OC)c1Cl. The number of hydrogen-bond acceptors (Lipinski definition) is 3. The van der Waals surface area contributed by atoms with E-state index in [1.165, 1.54) is 0 Å². The molecule has 0 amide bonds. The molecule has 1 aromatic heterocycles. The number of hydrogen-bond donors (Lipinski definition) is 0. The van der Waals surface area contributed by atoms with Crippen LogP contribution in [0.1, 0.15) is 15.8 Å². The van der Waals surface area contributed by atoms with E-state index in [1.54, 1.807) is 31.6 Å². The Bertz CT molecular complexity index is 612. The maximum Gasteiger partial charge on any atom is 0.146 e. The van der Waals surface area contributed by atoms with Crippen LogP contribution in [0.5, 0.6) is 11.5 Å². The van der Waals surface area contributed by atoms with E-state index in [4.69, 9.17) is 32.7 Å². The van der Waals surface area contributed by atoms with E-state index in [2.05, 4.69) is 31.9 Å². The van der Waals surface area contributed by atoms with Gasteiger partial charge < -0.3 is 9.47 Å². The highest BCUT2D eigenvalue weighted by molar-refractivity contribution is 9.13. The van der Waals surface area contributed by atoms with Crippen molar-refractivity contribution >= 4 is 66.4 Å². The average Bonchev–Trinajstić information content (AvgIpc) is 2.77. The van der Waals surface area contributed by atoms with Crippen molar-refractivity contribution in [3.8, 4) is 11.5 Å². The summed E-state index contributed by atoms with van der Waals surface area (Å²) in [6, 6.07) is 5.62. The number of methoxy groups -OCH3 is 2. The summed E-state index contributed by atoms with van der Waals surface area (Å²) < 4.78 is 12.5. The van der Waals surface area contributed by atoms with Crippen LogP contribution in [-0.4, -0.2) is 14.2 Å². The van der Waals surface area contributed by atoms with Gasteiger partial charge in [-0.25, -0.2) is 0 Å². The number of rotatable bonds is 4. The quantitative estimate of drug-likeness (QED) is 0.500. The normalized spacial score (nSPS) is 12.3. The summed E-state index contributed by atoms with van der Waals surface area (Å²) >= 11 is 21.3. The van der Waals surface area contributed by atoms with Crippen molar-refractivity contribution in [1.29, 1.82) is 0 Å². The summed E-state index contributed by atoms with van der Waals surface area (Å²) in [5.74, 6) is 1.09. The molecule has 1 unspecified atom stereocenters. The van der Waals surface area contributed by atoms with Gasteiger partial charge in [0.15, 0.2) is 0 Å². The Balaban J connectivity index is 2.49. The largest absolute Gasteiger partial charge is 0.495 e. The Labute approximate surface area is 148 Å². The summed E-state index contributed by atoms with van der Waals surface area (Å²) in [6.45, 7) is 0. The molecule has 20 heavy (non-hydrogen) atoms. The van der Waals surface area contributed by atoms with E-state index < -0.39 is 0 Å². The van der Waals surface area contributed by atoms with Crippen LogP contribution in [0.2, 0.25) is 5.02 Å². The van der Waals surface area contributed by atoms with Crippen molar-refractivity contribution in [1.82, 2.24) is 0 Å². The molecule has 1 heterocycles. The van der Waals surface area contributed by atoms with Crippen molar-refractivity contribution in [2.24, 2.45) is 0 Å². The lowest BCUT2D eigenvalue weighted by molar-refractivity contribution is 0.392. The fraction of sp³-hybridized carbons (Fsp3) is 0.231. The van der Waals surface area contributed by atoms with Gasteiger partial charge in [0.25, 0.3) is 0 Å². The second-order valence-corrected chi connectivity index (χ2v) is 7.91. The highest BCUT2D eigenvalue weighted by atomic mass is 79.9. The minimum atomic E-state index is -0.346. The fourth-order valence-electron chi connectivity index (χ4n) is 1.76. The van der Waals surface area contributed by atoms with Gasteiger partial charge in [-0.1, -0.05) is 11.6 Å². The molecule has 0 saturated heterocycles. The second kappa shape index (κ2) is 6.88. The maximum atomic E-state index is 6.56. The van der Waals surface area contributed by atoms with Crippen LogP contribution in [0.4, 0.5) is 0 Å². The van der Waals surface area contributed by atoms with Gasteiger partial charge in [-0.2, -0.15) is 0 Å². The Kier molecular flexibility index (Phi) is 5.65. The summed E-state index contributed by atoms with van der Waals surface area (Å²) in [5, 5.41) is 0.0776. The third-order valence-corrected chi connectivity index (χ3v) is 6.98. The topological polar surface area (TPSA) is 18.5 Å². The Morgan fingerprint density at radius 3 is 2.40 bits per heavy atom. The van der Waals surface area contributed by atoms with Crippen molar-refractivity contribution in [3.63, 3.8) is 0 Å². The van der Waals surface area contributed by atoms with Gasteiger partial charge in [0, 0.05) is 14.9 Å². The van der Waals surface area contributed by atoms with E-state index in [0.29, 0.717) is 16.5 Å². The smallest absolute Gasteiger partial charge is 0.146 e. The first-order chi connectivity index (χ1) is 9.49. The second-order valence-electron chi connectivity index (χ2n) is 3.84. The zero-order valence-corrected chi connectivity index (χ0v) is 16.0. The Morgan fingerprint density at radius 2 is 1.90 bits per heavy atom. The molecule has 2 aromatic rings. The number of halogens is 4. The van der Waals surface area contributed by atoms with Crippen LogP contribution in [0.15, 0.2) is 26.5 Å². The van der Waals surface area contributed by atoms with Crippen LogP contribution >= 0.6 is 66.4 Å². The standard InChI is InChI=1S/C13H10Br2Cl2O2S/c1-18-8-4-3-6(12(19-2)11(8)17)10(16)9-5-7(14)13(15)20-9/h3-5,10H,1-2H3. The first kappa shape index (κ1) is 16.4. The average molecular weight is 461 g/mol. The minimum absolute atomic E-state index is 0.346. The third-order valence-electron chi connectivity index (χ3n) is 2.70. The van der Waals surface area contributed by atoms with Crippen molar-refractivity contribution < 1.29 is 9.47 Å². The molecular formula is C13H10Br2Cl2O2S. The highest BCUT2D eigenvalue weighted by Crippen LogP contribution is 2.46. The molecule has 1 atom stereocenters. The zero-order valence-electron chi connectivity index (χ0n) is 10.5. The molecule has 0 fully saturated rings. The minimum Gasteiger partial charge on any atom is -0.495 e. The van der Waals surface area contributed by atoms with Crippen LogP contribution in [0, 0.1) is 0 Å². The van der Waals surface area contributed by atoms with Crippen LogP contribution < -0.4 is 9.47 Å². The van der Waals surface area contributed by atoms with Crippen molar-refractivity contribution in [2.45, 2.75) is 5.38 Å². The summed E-state index contributed by atoms with van der Waals surface area (Å²) in [7, 11) is 3.13. The van der Waals surface area contributed by atoms with Gasteiger partial charge in [0.2, 0.25) is 0 Å². The lowest BCUT2D eigenvalue weighted by Gasteiger charge is -2.16. The predicted molar refractivity (Wildman–Crippen MR) is 92.0 cm³/mol. The van der Waals surface area contributed by atoms with Gasteiger partial charge in [-0.3, -0.25) is 0 Å². The van der Waals surface area contributed by atoms with Gasteiger partial charge in [0.1, 0.15) is 16.5 Å². The molecule has 0 aliphatic carbocycles. The van der Waals surface area contributed by atoms with E-state index in [-0.39, 0.29) is 5.38 Å². The molecule has 0 N–H and O–H groups in total. The Hall–Kier alpha value is 0.0600. The van der Waals surface area contributed by atoms with Gasteiger partial charge in [-0.05, 0) is 50.1 Å². The van der Waals surface area contributed by atoms with Crippen LogP contribution in [0.25, 0.3) is 0 Å². The van der Waals surface area contributed by atoms with Gasteiger partial charge in [0.05, 0.1) is 23.4 Å². The molecule has 0 saturated carbocycles. The molecule has 0 aliphatic rings. The highest BCUT2D eigenvalue weighted by Gasteiger charge is 2.22. The van der Waals surface area contributed by atoms with Crippen molar-refractivity contribution in [2.75, 3.05) is 14.2 Å². The summed E-state index contributed by atoms with van der Waals surface area (Å²) in [6.07, 6.45) is 0. The van der Waals surface area contributed by atoms with E-state index in [1.807, 2.05) is 12.1 Å². The van der Waals surface area contributed by atoms with E-state index in [9.17, 15) is 0 Å². The third kappa shape index (κ3) is 3.12. The van der Waals surface area contributed by atoms with Gasteiger partial charge >= 0.3 is 0 Å². The molecule has 1 aromatic carbocycles. The first-order valence-corrected chi connectivity index (χ1v) is 8.70. The molecule has 2 nitrogen and oxygen atoms in total. The predicted octanol–water partition coefficient (Wildman–Crippen LogP) is 6.27. The lowest BCUT2D eigenvalue weighted by atomic mass is 10.1. The first-order valence-electron chi connectivity index (χ1n) is 5.48. The monoisotopic (exact) mass is 458 g/mol. The summed E-state index contributed by atoms with van der Waals surface area (Å²) in [5.41, 5.74) is 0.807. The van der Waals surface area contributed by atoms with Crippen LogP contribution in [-0.2, 0) is 0 Å². The van der Waals surface area contributed by atoms with E-state index in [0.717, 1.165) is 18.7 Å². The fourth-order valence-corrected chi connectivity index (χ4v) is 4.54. The molecule has 0 bridgehead atoms. The molecule has 0 aliphatic heterocycles. The van der Waals surface area contributed by atoms with Crippen molar-refractivity contribution in [3.05, 3.63) is 41.9 Å². The number of benzene rings is 1. The van der Waals surface area contributed by atoms with E-state index >= 15 is 0 Å². The van der Waals surface area contributed by atoms with Crippen LogP contribution in [0.3, 0.4) is 0 Å². The molecule has 108 valence electrons. The summed E-state index contributed by atoms with van der Waals surface area (Å²) in [4.78, 5) is 0.991. The molecule has 0 radical (unpaired) electrons. The lowest BCUT2D eigenvalue weighted by Crippen LogP contribution is -1.98. The molecule has 7 heteroatoms. The maximum absolute atomic E-state index is 6.56. The number of ether oxygens (including phenoxy) is 2. The Morgan fingerprint density at radius 1 is 1.20 bits per heavy atom. The number of alkyl halides is 1. The zero-order chi connectivity index (χ0) is 14.9. The molecule has 2 rings (SSSR count).